The highest BCUT2D eigenvalue weighted by atomic mass is 79.9. The molecule has 0 radical (unpaired) electrons. The number of urea groups is 1. The lowest BCUT2D eigenvalue weighted by molar-refractivity contribution is 0.242. The molecule has 1 rings (SSSR count). The van der Waals surface area contributed by atoms with Crippen molar-refractivity contribution in [2.45, 2.75) is 27.3 Å². The van der Waals surface area contributed by atoms with E-state index >= 15 is 0 Å². The molecule has 0 saturated heterocycles. The molecule has 0 bridgehead atoms. The Morgan fingerprint density at radius 1 is 1.22 bits per heavy atom. The Bertz CT molecular complexity index is 473. The second kappa shape index (κ2) is 6.09. The third-order valence-electron chi connectivity index (χ3n) is 3.15. The van der Waals surface area contributed by atoms with Gasteiger partial charge >= 0.3 is 6.03 Å². The van der Waals surface area contributed by atoms with Crippen LogP contribution in [0.1, 0.15) is 22.3 Å². The smallest absolute Gasteiger partial charge is 0.314 e. The number of amides is 2. The molecule has 1 aromatic carbocycles. The van der Waals surface area contributed by atoms with E-state index < -0.39 is 0 Å². The first-order chi connectivity index (χ1) is 8.43. The molecule has 0 atom stereocenters. The SMILES string of the molecule is CNC(=O)NCc1c(C)c(Br)c(C)c(C)c1OC. The summed E-state index contributed by atoms with van der Waals surface area (Å²) in [5.41, 5.74) is 4.33. The zero-order valence-corrected chi connectivity index (χ0v) is 13.0. The van der Waals surface area contributed by atoms with E-state index in [1.165, 1.54) is 0 Å². The van der Waals surface area contributed by atoms with Crippen molar-refractivity contribution in [3.63, 3.8) is 0 Å². The largest absolute Gasteiger partial charge is 0.496 e. The van der Waals surface area contributed by atoms with Crippen molar-refractivity contribution in [1.29, 1.82) is 0 Å². The van der Waals surface area contributed by atoms with Crippen LogP contribution in [-0.4, -0.2) is 20.2 Å². The van der Waals surface area contributed by atoms with E-state index in [2.05, 4.69) is 26.6 Å². The average Bonchev–Trinajstić information content (AvgIpc) is 2.38. The predicted molar refractivity (Wildman–Crippen MR) is 76.2 cm³/mol. The second-order valence-electron chi connectivity index (χ2n) is 4.13. The van der Waals surface area contributed by atoms with Gasteiger partial charge in [0.2, 0.25) is 0 Å². The van der Waals surface area contributed by atoms with E-state index in [1.807, 2.05) is 20.8 Å². The highest BCUT2D eigenvalue weighted by Crippen LogP contribution is 2.35. The lowest BCUT2D eigenvalue weighted by Gasteiger charge is -2.19. The second-order valence-corrected chi connectivity index (χ2v) is 4.93. The minimum Gasteiger partial charge on any atom is -0.496 e. The van der Waals surface area contributed by atoms with E-state index in [0.717, 1.165) is 32.5 Å². The fourth-order valence-corrected chi connectivity index (χ4v) is 2.43. The summed E-state index contributed by atoms with van der Waals surface area (Å²) in [7, 11) is 3.24. The summed E-state index contributed by atoms with van der Waals surface area (Å²) in [6, 6.07) is -0.203. The first-order valence-electron chi connectivity index (χ1n) is 5.71. The Hall–Kier alpha value is -1.23. The molecule has 18 heavy (non-hydrogen) atoms. The van der Waals surface area contributed by atoms with Gasteiger partial charge in [-0.2, -0.15) is 0 Å². The normalized spacial score (nSPS) is 10.1. The first-order valence-corrected chi connectivity index (χ1v) is 6.51. The summed E-state index contributed by atoms with van der Waals surface area (Å²) in [6.07, 6.45) is 0. The Morgan fingerprint density at radius 3 is 2.33 bits per heavy atom. The van der Waals surface area contributed by atoms with Crippen LogP contribution in [-0.2, 0) is 6.54 Å². The van der Waals surface area contributed by atoms with Crippen LogP contribution in [0.4, 0.5) is 4.79 Å². The van der Waals surface area contributed by atoms with Crippen LogP contribution in [0.2, 0.25) is 0 Å². The van der Waals surface area contributed by atoms with Gasteiger partial charge in [-0.25, -0.2) is 4.79 Å². The van der Waals surface area contributed by atoms with E-state index in [4.69, 9.17) is 4.74 Å². The Balaban J connectivity index is 3.20. The van der Waals surface area contributed by atoms with Crippen LogP contribution in [0, 0.1) is 20.8 Å². The summed E-state index contributed by atoms with van der Waals surface area (Å²) < 4.78 is 6.53. The molecule has 0 aliphatic rings. The van der Waals surface area contributed by atoms with E-state index in [1.54, 1.807) is 14.2 Å². The predicted octanol–water partition coefficient (Wildman–Crippen LogP) is 2.81. The van der Waals surface area contributed by atoms with Gasteiger partial charge in [-0.1, -0.05) is 15.9 Å². The minimum absolute atomic E-state index is 0.203. The van der Waals surface area contributed by atoms with Crippen molar-refractivity contribution in [3.05, 3.63) is 26.7 Å². The highest BCUT2D eigenvalue weighted by Gasteiger charge is 2.16. The minimum atomic E-state index is -0.203. The van der Waals surface area contributed by atoms with Gasteiger partial charge in [-0.15, -0.1) is 0 Å². The third-order valence-corrected chi connectivity index (χ3v) is 4.33. The summed E-state index contributed by atoms with van der Waals surface area (Å²) in [6.45, 7) is 6.51. The third kappa shape index (κ3) is 2.77. The fourth-order valence-electron chi connectivity index (χ4n) is 1.89. The number of benzene rings is 1. The number of carbonyl (C=O) groups excluding carboxylic acids is 1. The molecule has 100 valence electrons. The average molecular weight is 315 g/mol. The zero-order chi connectivity index (χ0) is 13.9. The summed E-state index contributed by atoms with van der Waals surface area (Å²) in [4.78, 5) is 11.3. The molecule has 5 heteroatoms. The Kier molecular flexibility index (Phi) is 5.02. The number of hydrogen-bond donors (Lipinski definition) is 2. The fraction of sp³-hybridized carbons (Fsp3) is 0.462. The van der Waals surface area contributed by atoms with Gasteiger partial charge in [0.05, 0.1) is 7.11 Å². The molecule has 4 nitrogen and oxygen atoms in total. The summed E-state index contributed by atoms with van der Waals surface area (Å²) >= 11 is 3.58. The molecular weight excluding hydrogens is 296 g/mol. The maximum Gasteiger partial charge on any atom is 0.314 e. The summed E-state index contributed by atoms with van der Waals surface area (Å²) in [5, 5.41) is 5.32. The lowest BCUT2D eigenvalue weighted by Crippen LogP contribution is -2.32. The van der Waals surface area contributed by atoms with Crippen LogP contribution >= 0.6 is 15.9 Å². The van der Waals surface area contributed by atoms with Gasteiger partial charge < -0.3 is 15.4 Å². The molecule has 0 heterocycles. The van der Waals surface area contributed by atoms with Crippen LogP contribution < -0.4 is 15.4 Å². The number of hydrogen-bond acceptors (Lipinski definition) is 2. The zero-order valence-electron chi connectivity index (χ0n) is 11.4. The standard InChI is InChI=1S/C13H19BrN2O2/c1-7-8(2)12(18-5)10(9(3)11(7)14)6-16-13(17)15-4/h6H2,1-5H3,(H2,15,16,17). The van der Waals surface area contributed by atoms with Crippen LogP contribution in [0.3, 0.4) is 0 Å². The molecule has 0 aromatic heterocycles. The molecule has 1 aromatic rings. The monoisotopic (exact) mass is 314 g/mol. The van der Waals surface area contributed by atoms with Crippen molar-refractivity contribution < 1.29 is 9.53 Å². The van der Waals surface area contributed by atoms with Gasteiger partial charge in [-0.05, 0) is 37.5 Å². The highest BCUT2D eigenvalue weighted by molar-refractivity contribution is 9.10. The van der Waals surface area contributed by atoms with Crippen molar-refractivity contribution in [2.24, 2.45) is 0 Å². The molecule has 2 N–H and O–H groups in total. The van der Waals surface area contributed by atoms with E-state index in [-0.39, 0.29) is 6.03 Å². The number of carbonyl (C=O) groups is 1. The number of rotatable bonds is 3. The quantitative estimate of drug-likeness (QED) is 0.901. The number of nitrogens with one attached hydrogen (secondary N) is 2. The molecule has 0 unspecified atom stereocenters. The molecule has 0 aliphatic heterocycles. The number of halogens is 1. The molecular formula is C13H19BrN2O2. The van der Waals surface area contributed by atoms with Crippen LogP contribution in [0.15, 0.2) is 4.47 Å². The maximum atomic E-state index is 11.3. The van der Waals surface area contributed by atoms with Crippen LogP contribution in [0.25, 0.3) is 0 Å². The number of ether oxygens (including phenoxy) is 1. The molecule has 0 fully saturated rings. The van der Waals surface area contributed by atoms with E-state index in [0.29, 0.717) is 6.54 Å². The lowest BCUT2D eigenvalue weighted by atomic mass is 9.99. The Morgan fingerprint density at radius 2 is 1.83 bits per heavy atom. The summed E-state index contributed by atoms with van der Waals surface area (Å²) in [5.74, 6) is 0.838. The molecule has 0 aliphatic carbocycles. The van der Waals surface area contributed by atoms with Crippen molar-refractivity contribution in [2.75, 3.05) is 14.2 Å². The van der Waals surface area contributed by atoms with Crippen LogP contribution in [0.5, 0.6) is 5.75 Å². The molecule has 2 amide bonds. The first kappa shape index (κ1) is 14.8. The van der Waals surface area contributed by atoms with Crippen molar-refractivity contribution in [1.82, 2.24) is 10.6 Å². The van der Waals surface area contributed by atoms with Gasteiger partial charge in [0.15, 0.2) is 0 Å². The van der Waals surface area contributed by atoms with Gasteiger partial charge in [0.1, 0.15) is 5.75 Å². The van der Waals surface area contributed by atoms with Crippen molar-refractivity contribution >= 4 is 22.0 Å². The van der Waals surface area contributed by atoms with E-state index in [9.17, 15) is 4.79 Å². The topological polar surface area (TPSA) is 50.4 Å². The number of methoxy groups -OCH3 is 1. The maximum absolute atomic E-state index is 11.3. The molecule has 0 saturated carbocycles. The Labute approximate surface area is 116 Å². The van der Waals surface area contributed by atoms with Gasteiger partial charge in [-0.3, -0.25) is 0 Å². The van der Waals surface area contributed by atoms with Crippen molar-refractivity contribution in [3.8, 4) is 5.75 Å². The molecule has 0 spiro atoms. The van der Waals surface area contributed by atoms with Gasteiger partial charge in [0, 0.05) is 23.6 Å². The van der Waals surface area contributed by atoms with Gasteiger partial charge in [0.25, 0.3) is 0 Å².